The Hall–Kier alpha value is -3.43. The molecule has 1 fully saturated rings. The Balaban J connectivity index is 1.52. The predicted molar refractivity (Wildman–Crippen MR) is 107 cm³/mol. The van der Waals surface area contributed by atoms with Crippen molar-refractivity contribution in [2.24, 2.45) is 11.1 Å². The third-order valence-corrected chi connectivity index (χ3v) is 4.82. The first kappa shape index (κ1) is 23.2. The molecule has 2 heterocycles. The number of cyclic esters (lactones) is 1. The zero-order valence-corrected chi connectivity index (χ0v) is 17.6. The quantitative estimate of drug-likeness (QED) is 0.275. The Morgan fingerprint density at radius 3 is 2.38 bits per heavy atom. The van der Waals surface area contributed by atoms with Gasteiger partial charge in [-0.15, -0.1) is 0 Å². The van der Waals surface area contributed by atoms with E-state index in [4.69, 9.17) is 14.3 Å². The lowest BCUT2D eigenvalue weighted by atomic mass is 9.96. The van der Waals surface area contributed by atoms with Gasteiger partial charge in [-0.05, 0) is 44.5 Å². The second kappa shape index (κ2) is 8.97. The van der Waals surface area contributed by atoms with E-state index in [1.165, 1.54) is 32.2 Å². The number of aromatic nitrogens is 1. The van der Waals surface area contributed by atoms with Crippen LogP contribution in [0.2, 0.25) is 0 Å². The summed E-state index contributed by atoms with van der Waals surface area (Å²) in [6.07, 6.45) is -2.90. The van der Waals surface area contributed by atoms with Crippen LogP contribution in [0.5, 0.6) is 5.88 Å². The first-order valence-corrected chi connectivity index (χ1v) is 9.66. The molecule has 7 nitrogen and oxygen atoms in total. The van der Waals surface area contributed by atoms with Crippen LogP contribution < -0.4 is 4.74 Å². The summed E-state index contributed by atoms with van der Waals surface area (Å²) in [5.74, 6) is -1.73. The maximum atomic E-state index is 12.6. The zero-order chi connectivity index (χ0) is 23.5. The van der Waals surface area contributed by atoms with Crippen molar-refractivity contribution in [1.82, 2.24) is 4.98 Å². The lowest BCUT2D eigenvalue weighted by Crippen LogP contribution is -2.32. The minimum atomic E-state index is -4.39. The van der Waals surface area contributed by atoms with Crippen molar-refractivity contribution in [2.75, 3.05) is 6.61 Å². The number of pyridine rings is 1. The number of carbonyl (C=O) groups excluding carboxylic acids is 2. The molecule has 1 saturated heterocycles. The molecule has 32 heavy (non-hydrogen) atoms. The zero-order valence-electron chi connectivity index (χ0n) is 17.6. The van der Waals surface area contributed by atoms with Crippen LogP contribution in [0.1, 0.15) is 37.5 Å². The lowest BCUT2D eigenvalue weighted by Gasteiger charge is -2.13. The number of nitrogens with zero attached hydrogens (tertiary/aromatic N) is 2. The Morgan fingerprint density at radius 1 is 1.16 bits per heavy atom. The largest absolute Gasteiger partial charge is 0.476 e. The highest BCUT2D eigenvalue weighted by molar-refractivity contribution is 6.08. The smallest absolute Gasteiger partial charge is 0.416 e. The molecule has 170 valence electrons. The van der Waals surface area contributed by atoms with Crippen LogP contribution >= 0.6 is 0 Å². The Labute approximate surface area is 182 Å². The van der Waals surface area contributed by atoms with Gasteiger partial charge < -0.3 is 14.3 Å². The van der Waals surface area contributed by atoms with Crippen molar-refractivity contribution in [3.8, 4) is 5.88 Å². The maximum absolute atomic E-state index is 12.6. The molecule has 0 spiro atoms. The summed E-state index contributed by atoms with van der Waals surface area (Å²) in [5.41, 5.74) is -0.225. The fourth-order valence-corrected chi connectivity index (χ4v) is 2.94. The van der Waals surface area contributed by atoms with E-state index < -0.39 is 29.2 Å². The van der Waals surface area contributed by atoms with Crippen molar-refractivity contribution in [3.05, 3.63) is 59.3 Å². The third-order valence-electron chi connectivity index (χ3n) is 4.82. The van der Waals surface area contributed by atoms with Gasteiger partial charge in [-0.3, -0.25) is 9.59 Å². The molecule has 0 saturated carbocycles. The van der Waals surface area contributed by atoms with E-state index in [-0.39, 0.29) is 24.9 Å². The number of esters is 1. The number of rotatable bonds is 7. The topological polar surface area (TPSA) is 87.1 Å². The first-order chi connectivity index (χ1) is 15.0. The van der Waals surface area contributed by atoms with Crippen LogP contribution in [-0.2, 0) is 31.9 Å². The Bertz CT molecular complexity index is 1020. The molecule has 0 aliphatic carbocycles. The monoisotopic (exact) mass is 450 g/mol. The Morgan fingerprint density at radius 2 is 1.84 bits per heavy atom. The molecule has 1 aliphatic heterocycles. The van der Waals surface area contributed by atoms with Crippen LogP contribution in [0.25, 0.3) is 0 Å². The van der Waals surface area contributed by atoms with Gasteiger partial charge in [0.25, 0.3) is 0 Å². The molecule has 10 heteroatoms. The molecule has 1 aromatic carbocycles. The average Bonchev–Trinajstić information content (AvgIpc) is 2.93. The maximum Gasteiger partial charge on any atom is 0.416 e. The van der Waals surface area contributed by atoms with Crippen molar-refractivity contribution in [2.45, 2.75) is 39.2 Å². The van der Waals surface area contributed by atoms with E-state index in [0.29, 0.717) is 16.8 Å². The fourth-order valence-electron chi connectivity index (χ4n) is 2.94. The number of ketones is 1. The van der Waals surface area contributed by atoms with Gasteiger partial charge in [0.1, 0.15) is 13.2 Å². The van der Waals surface area contributed by atoms with E-state index in [9.17, 15) is 22.8 Å². The minimum Gasteiger partial charge on any atom is -0.476 e. The van der Waals surface area contributed by atoms with E-state index in [2.05, 4.69) is 10.1 Å². The van der Waals surface area contributed by atoms with Gasteiger partial charge in [0.15, 0.2) is 17.3 Å². The van der Waals surface area contributed by atoms with Gasteiger partial charge in [0, 0.05) is 17.8 Å². The summed E-state index contributed by atoms with van der Waals surface area (Å²) in [6.45, 7) is 4.58. The third kappa shape index (κ3) is 5.43. The van der Waals surface area contributed by atoms with Gasteiger partial charge in [0.2, 0.25) is 5.88 Å². The number of hydrogen-bond acceptors (Lipinski definition) is 7. The number of ether oxygens (including phenoxy) is 2. The standard InChI is InChI=1S/C22H21F3N2O5/c1-13(27-31-11-14-4-7-16(8-5-14)22(23,24)25)15-6-9-18(26-10-15)30-12-17-19(28)21(2,3)32-20(17)29/h4-10,17H,11-12H2,1-3H3. The molecule has 1 aliphatic rings. The molecule has 0 N–H and O–H groups in total. The molecule has 0 bridgehead atoms. The minimum absolute atomic E-state index is 0.00592. The highest BCUT2D eigenvalue weighted by Gasteiger charge is 2.49. The number of carbonyl (C=O) groups is 2. The molecular formula is C22H21F3N2O5. The number of alkyl halides is 3. The summed E-state index contributed by atoms with van der Waals surface area (Å²) in [7, 11) is 0. The Kier molecular flexibility index (Phi) is 6.52. The van der Waals surface area contributed by atoms with Gasteiger partial charge >= 0.3 is 12.1 Å². The molecule has 1 unspecified atom stereocenters. The summed E-state index contributed by atoms with van der Waals surface area (Å²) >= 11 is 0. The highest BCUT2D eigenvalue weighted by Crippen LogP contribution is 2.29. The normalized spacial score (nSPS) is 18.4. The van der Waals surface area contributed by atoms with E-state index >= 15 is 0 Å². The summed E-state index contributed by atoms with van der Waals surface area (Å²) < 4.78 is 48.2. The van der Waals surface area contributed by atoms with Crippen LogP contribution in [-0.4, -0.2) is 34.7 Å². The summed E-state index contributed by atoms with van der Waals surface area (Å²) in [5, 5.41) is 3.94. The SMILES string of the molecule is CC(=NOCc1ccc(C(F)(F)F)cc1)c1ccc(OCC2C(=O)OC(C)(C)C2=O)nc1. The average molecular weight is 450 g/mol. The van der Waals surface area contributed by atoms with Crippen LogP contribution in [0.4, 0.5) is 13.2 Å². The fraction of sp³-hybridized carbons (Fsp3) is 0.364. The number of oxime groups is 1. The molecule has 1 aromatic heterocycles. The molecular weight excluding hydrogens is 429 g/mol. The van der Waals surface area contributed by atoms with Crippen LogP contribution in [0, 0.1) is 5.92 Å². The van der Waals surface area contributed by atoms with Gasteiger partial charge in [0.05, 0.1) is 11.3 Å². The van der Waals surface area contributed by atoms with E-state index in [0.717, 1.165) is 12.1 Å². The molecule has 0 amide bonds. The second-order valence-corrected chi connectivity index (χ2v) is 7.69. The number of halogens is 3. The molecule has 0 radical (unpaired) electrons. The highest BCUT2D eigenvalue weighted by atomic mass is 19.4. The summed E-state index contributed by atoms with van der Waals surface area (Å²) in [6, 6.07) is 7.84. The number of benzene rings is 1. The van der Waals surface area contributed by atoms with Crippen molar-refractivity contribution >= 4 is 17.5 Å². The van der Waals surface area contributed by atoms with Crippen molar-refractivity contribution in [3.63, 3.8) is 0 Å². The van der Waals surface area contributed by atoms with E-state index in [1.54, 1.807) is 19.1 Å². The molecule has 1 atom stereocenters. The van der Waals surface area contributed by atoms with E-state index in [1.807, 2.05) is 0 Å². The van der Waals surface area contributed by atoms with Crippen LogP contribution in [0.3, 0.4) is 0 Å². The number of Topliss-reactive ketones (excluding diaryl/α,β-unsaturated/α-hetero) is 1. The molecule has 3 rings (SSSR count). The van der Waals surface area contributed by atoms with Gasteiger partial charge in [-0.25, -0.2) is 4.98 Å². The van der Waals surface area contributed by atoms with Gasteiger partial charge in [-0.2, -0.15) is 13.2 Å². The van der Waals surface area contributed by atoms with Gasteiger partial charge in [-0.1, -0.05) is 17.3 Å². The predicted octanol–water partition coefficient (Wildman–Crippen LogP) is 3.94. The first-order valence-electron chi connectivity index (χ1n) is 9.66. The number of hydrogen-bond donors (Lipinski definition) is 0. The van der Waals surface area contributed by atoms with Crippen molar-refractivity contribution in [1.29, 1.82) is 0 Å². The second-order valence-electron chi connectivity index (χ2n) is 7.69. The van der Waals surface area contributed by atoms with Crippen LogP contribution in [0.15, 0.2) is 47.8 Å². The van der Waals surface area contributed by atoms with Crippen molar-refractivity contribution < 1.29 is 37.1 Å². The lowest BCUT2D eigenvalue weighted by molar-refractivity contribution is -0.150. The molecule has 2 aromatic rings. The summed E-state index contributed by atoms with van der Waals surface area (Å²) in [4.78, 5) is 33.3.